The Hall–Kier alpha value is -5.16. The van der Waals surface area contributed by atoms with Crippen molar-refractivity contribution < 1.29 is 4.74 Å². The first-order valence-corrected chi connectivity index (χ1v) is 17.4. The largest absolute Gasteiger partial charge is 0.457 e. The molecule has 1 atom stereocenters. The minimum atomic E-state index is 0.000788. The third-order valence-corrected chi connectivity index (χ3v) is 10.00. The Morgan fingerprint density at radius 3 is 2.22 bits per heavy atom. The maximum absolute atomic E-state index is 6.67. The van der Waals surface area contributed by atoms with Gasteiger partial charge in [0.25, 0.3) is 0 Å². The highest BCUT2D eigenvalue weighted by Gasteiger charge is 2.21. The predicted molar refractivity (Wildman–Crippen MR) is 204 cm³/mol. The van der Waals surface area contributed by atoms with Crippen LogP contribution in [0.5, 0.6) is 11.5 Å². The number of rotatable bonds is 7. The SMILES string of the molecule is Cc1cc(Oc2ccc3c4cc(C(C)C(C)C)ccc4n(-c4cc(C(C)(C)C)ccn4)c3c2)cc(-n2nc(C)c(-c3ccccc3)c2C)c1. The quantitative estimate of drug-likeness (QED) is 0.173. The van der Waals surface area contributed by atoms with E-state index in [0.717, 1.165) is 56.6 Å². The molecule has 0 fully saturated rings. The molecule has 3 heterocycles. The number of fused-ring (bicyclic) bond motifs is 3. The standard InChI is InChI=1S/C44H46N4O/c1-27(2)29(4)33-15-18-40-39(23-33)38-17-16-36(26-41(38)47(40)42-24-34(19-20-45-42)44(7,8)9)49-37-22-28(3)21-35(25-37)48-31(6)43(30(5)46-48)32-13-11-10-12-14-32/h10-27,29H,1-9H3. The second-order valence-corrected chi connectivity index (χ2v) is 14.9. The molecule has 1 unspecified atom stereocenters. The zero-order chi connectivity index (χ0) is 34.6. The van der Waals surface area contributed by atoms with E-state index in [1.807, 2.05) is 16.9 Å². The van der Waals surface area contributed by atoms with E-state index in [1.165, 1.54) is 27.5 Å². The molecule has 0 saturated heterocycles. The molecular formula is C44H46N4O. The maximum Gasteiger partial charge on any atom is 0.137 e. The lowest BCUT2D eigenvalue weighted by Gasteiger charge is -2.20. The highest BCUT2D eigenvalue weighted by molar-refractivity contribution is 6.09. The van der Waals surface area contributed by atoms with Crippen LogP contribution < -0.4 is 4.74 Å². The lowest BCUT2D eigenvalue weighted by atomic mass is 9.88. The fourth-order valence-corrected chi connectivity index (χ4v) is 6.97. The lowest BCUT2D eigenvalue weighted by Crippen LogP contribution is -2.12. The predicted octanol–water partition coefficient (Wildman–Crippen LogP) is 11.8. The van der Waals surface area contributed by atoms with Gasteiger partial charge in [-0.05, 0) is 109 Å². The van der Waals surface area contributed by atoms with Crippen LogP contribution in [0.25, 0.3) is 44.4 Å². The van der Waals surface area contributed by atoms with Gasteiger partial charge in [0.15, 0.2) is 0 Å². The highest BCUT2D eigenvalue weighted by Crippen LogP contribution is 2.38. The third-order valence-electron chi connectivity index (χ3n) is 10.00. The summed E-state index contributed by atoms with van der Waals surface area (Å²) < 4.78 is 11.0. The second-order valence-electron chi connectivity index (χ2n) is 14.9. The molecule has 3 aromatic heterocycles. The van der Waals surface area contributed by atoms with Crippen LogP contribution >= 0.6 is 0 Å². The normalized spacial score (nSPS) is 12.7. The van der Waals surface area contributed by atoms with Crippen molar-refractivity contribution in [2.45, 2.75) is 73.6 Å². The van der Waals surface area contributed by atoms with Crippen LogP contribution in [-0.2, 0) is 5.41 Å². The Bertz CT molecular complexity index is 2320. The Morgan fingerprint density at radius 1 is 0.714 bits per heavy atom. The fourth-order valence-electron chi connectivity index (χ4n) is 6.97. The average Bonchev–Trinajstić information content (AvgIpc) is 3.56. The zero-order valence-electron chi connectivity index (χ0n) is 30.2. The number of benzene rings is 4. The van der Waals surface area contributed by atoms with Crippen LogP contribution in [0.4, 0.5) is 0 Å². The summed E-state index contributed by atoms with van der Waals surface area (Å²) >= 11 is 0. The number of hydrogen-bond acceptors (Lipinski definition) is 3. The van der Waals surface area contributed by atoms with Crippen molar-refractivity contribution in [3.63, 3.8) is 0 Å². The molecule has 0 N–H and O–H groups in total. The minimum Gasteiger partial charge on any atom is -0.457 e. The van der Waals surface area contributed by atoms with Gasteiger partial charge in [-0.15, -0.1) is 0 Å². The summed E-state index contributed by atoms with van der Waals surface area (Å²) in [6.07, 6.45) is 1.93. The van der Waals surface area contributed by atoms with E-state index < -0.39 is 0 Å². The van der Waals surface area contributed by atoms with Gasteiger partial charge in [0.1, 0.15) is 17.3 Å². The second kappa shape index (κ2) is 12.4. The van der Waals surface area contributed by atoms with Gasteiger partial charge in [0, 0.05) is 40.4 Å². The van der Waals surface area contributed by atoms with Crippen LogP contribution in [0.3, 0.4) is 0 Å². The first kappa shape index (κ1) is 32.4. The van der Waals surface area contributed by atoms with E-state index >= 15 is 0 Å². The summed E-state index contributed by atoms with van der Waals surface area (Å²) in [6, 6.07) is 34.5. The Morgan fingerprint density at radius 2 is 1.49 bits per heavy atom. The molecule has 0 radical (unpaired) electrons. The number of nitrogens with zero attached hydrogens (tertiary/aromatic N) is 4. The van der Waals surface area contributed by atoms with E-state index in [4.69, 9.17) is 14.8 Å². The molecule has 0 aliphatic heterocycles. The summed E-state index contributed by atoms with van der Waals surface area (Å²) in [4.78, 5) is 4.90. The maximum atomic E-state index is 6.67. The molecule has 0 spiro atoms. The average molecular weight is 647 g/mol. The molecule has 0 aliphatic carbocycles. The smallest absolute Gasteiger partial charge is 0.137 e. The van der Waals surface area contributed by atoms with Crippen molar-refractivity contribution in [2.75, 3.05) is 0 Å². The number of aromatic nitrogens is 4. The van der Waals surface area contributed by atoms with Crippen LogP contribution in [-0.4, -0.2) is 19.3 Å². The first-order chi connectivity index (χ1) is 23.4. The van der Waals surface area contributed by atoms with Crippen LogP contribution in [0.1, 0.15) is 75.5 Å². The van der Waals surface area contributed by atoms with E-state index in [2.05, 4.69) is 158 Å². The molecule has 4 aromatic carbocycles. The summed E-state index contributed by atoms with van der Waals surface area (Å²) in [5.41, 5.74) is 11.3. The van der Waals surface area contributed by atoms with Crippen molar-refractivity contribution in [3.8, 4) is 34.1 Å². The Balaban J connectivity index is 1.34. The van der Waals surface area contributed by atoms with Crippen LogP contribution in [0.15, 0.2) is 103 Å². The molecular weight excluding hydrogens is 601 g/mol. The molecule has 5 heteroatoms. The van der Waals surface area contributed by atoms with Crippen LogP contribution in [0.2, 0.25) is 0 Å². The number of hydrogen-bond donors (Lipinski definition) is 0. The monoisotopic (exact) mass is 646 g/mol. The van der Waals surface area contributed by atoms with Crippen molar-refractivity contribution in [3.05, 3.63) is 131 Å². The summed E-state index contributed by atoms with van der Waals surface area (Å²) in [5, 5.41) is 7.37. The van der Waals surface area contributed by atoms with Crippen molar-refractivity contribution >= 4 is 21.8 Å². The Kier molecular flexibility index (Phi) is 8.18. The molecule has 0 saturated carbocycles. The van der Waals surface area contributed by atoms with Gasteiger partial charge in [0.05, 0.1) is 22.4 Å². The highest BCUT2D eigenvalue weighted by atomic mass is 16.5. The minimum absolute atomic E-state index is 0.000788. The summed E-state index contributed by atoms with van der Waals surface area (Å²) in [5.74, 6) is 3.45. The zero-order valence-corrected chi connectivity index (χ0v) is 30.2. The summed E-state index contributed by atoms with van der Waals surface area (Å²) in [7, 11) is 0. The van der Waals surface area contributed by atoms with Gasteiger partial charge in [0.2, 0.25) is 0 Å². The Labute approximate surface area is 290 Å². The van der Waals surface area contributed by atoms with Gasteiger partial charge in [-0.3, -0.25) is 4.57 Å². The molecule has 248 valence electrons. The topological polar surface area (TPSA) is 44.9 Å². The van der Waals surface area contributed by atoms with Gasteiger partial charge in [-0.1, -0.05) is 77.9 Å². The van der Waals surface area contributed by atoms with Gasteiger partial charge < -0.3 is 4.74 Å². The van der Waals surface area contributed by atoms with E-state index in [9.17, 15) is 0 Å². The number of aryl methyl sites for hydroxylation is 2. The molecule has 0 bridgehead atoms. The summed E-state index contributed by atoms with van der Waals surface area (Å²) in [6.45, 7) is 19.9. The van der Waals surface area contributed by atoms with E-state index in [-0.39, 0.29) is 5.41 Å². The fraction of sp³-hybridized carbons (Fsp3) is 0.273. The van der Waals surface area contributed by atoms with Gasteiger partial charge in [-0.25, -0.2) is 9.67 Å². The molecule has 0 amide bonds. The third kappa shape index (κ3) is 6.03. The first-order valence-electron chi connectivity index (χ1n) is 17.4. The number of ether oxygens (including phenoxy) is 1. The van der Waals surface area contributed by atoms with E-state index in [0.29, 0.717) is 11.8 Å². The van der Waals surface area contributed by atoms with Gasteiger partial charge >= 0.3 is 0 Å². The molecule has 0 aliphatic rings. The molecule has 7 aromatic rings. The molecule has 49 heavy (non-hydrogen) atoms. The van der Waals surface area contributed by atoms with E-state index in [1.54, 1.807) is 0 Å². The van der Waals surface area contributed by atoms with Crippen molar-refractivity contribution in [2.24, 2.45) is 5.92 Å². The van der Waals surface area contributed by atoms with Gasteiger partial charge in [-0.2, -0.15) is 5.10 Å². The van der Waals surface area contributed by atoms with Crippen LogP contribution in [0, 0.1) is 26.7 Å². The van der Waals surface area contributed by atoms with Crippen molar-refractivity contribution in [1.29, 1.82) is 0 Å². The number of pyridine rings is 1. The molecule has 7 rings (SSSR count). The lowest BCUT2D eigenvalue weighted by molar-refractivity contribution is 0.482. The molecule has 5 nitrogen and oxygen atoms in total. The van der Waals surface area contributed by atoms with Crippen molar-refractivity contribution in [1.82, 2.24) is 19.3 Å².